The highest BCUT2D eigenvalue weighted by molar-refractivity contribution is 6.30. The van der Waals surface area contributed by atoms with E-state index in [4.69, 9.17) is 16.7 Å². The molecule has 0 bridgehead atoms. The van der Waals surface area contributed by atoms with Gasteiger partial charge in [0, 0.05) is 17.6 Å². The summed E-state index contributed by atoms with van der Waals surface area (Å²) in [5.41, 5.74) is 1.41. The quantitative estimate of drug-likeness (QED) is 0.892. The van der Waals surface area contributed by atoms with E-state index < -0.39 is 11.8 Å². The predicted octanol–water partition coefficient (Wildman–Crippen LogP) is 3.28. The molecular weight excluding hydrogens is 245 g/mol. The Morgan fingerprint density at radius 3 is 2.65 bits per heavy atom. The largest absolute Gasteiger partial charge is 0.478 e. The van der Waals surface area contributed by atoms with Crippen LogP contribution in [0, 0.1) is 12.7 Å². The number of hydrogen-bond donors (Lipinski definition) is 1. The zero-order valence-electron chi connectivity index (χ0n) is 8.95. The van der Waals surface area contributed by atoms with Gasteiger partial charge in [-0.3, -0.25) is 0 Å². The Hall–Kier alpha value is -1.81. The maximum absolute atomic E-state index is 13.0. The lowest BCUT2D eigenvalue weighted by Gasteiger charge is -2.07. The number of benzene rings is 1. The number of carboxylic acid groups (broad SMARTS) is 1. The number of carboxylic acids is 1. The maximum Gasteiger partial charge on any atom is 0.337 e. The van der Waals surface area contributed by atoms with Crippen molar-refractivity contribution in [2.24, 2.45) is 0 Å². The van der Waals surface area contributed by atoms with Crippen molar-refractivity contribution in [2.45, 2.75) is 6.92 Å². The Labute approximate surface area is 102 Å². The van der Waals surface area contributed by atoms with Crippen LogP contribution >= 0.6 is 11.6 Å². The molecule has 0 aliphatic rings. The van der Waals surface area contributed by atoms with Crippen molar-refractivity contribution < 1.29 is 14.3 Å². The number of aromatic carboxylic acids is 1. The van der Waals surface area contributed by atoms with Crippen molar-refractivity contribution in [3.05, 3.63) is 52.6 Å². The van der Waals surface area contributed by atoms with Crippen LogP contribution in [-0.2, 0) is 0 Å². The van der Waals surface area contributed by atoms with E-state index in [1.54, 1.807) is 23.8 Å². The first-order valence-electron chi connectivity index (χ1n) is 4.87. The fraction of sp³-hybridized carbons (Fsp3) is 0.0833. The number of hydrogen-bond acceptors (Lipinski definition) is 1. The van der Waals surface area contributed by atoms with Gasteiger partial charge >= 0.3 is 5.97 Å². The predicted molar refractivity (Wildman–Crippen MR) is 62.4 cm³/mol. The van der Waals surface area contributed by atoms with Gasteiger partial charge in [0.05, 0.1) is 10.6 Å². The third-order valence-electron chi connectivity index (χ3n) is 2.55. The summed E-state index contributed by atoms with van der Waals surface area (Å²) >= 11 is 5.68. The lowest BCUT2D eigenvalue weighted by molar-refractivity contribution is 0.0696. The Bertz CT molecular complexity index is 592. The van der Waals surface area contributed by atoms with Gasteiger partial charge in [-0.1, -0.05) is 11.6 Å². The van der Waals surface area contributed by atoms with Crippen LogP contribution in [0.25, 0.3) is 5.69 Å². The highest BCUT2D eigenvalue weighted by atomic mass is 35.5. The average Bonchev–Trinajstić information content (AvgIpc) is 2.64. The molecule has 0 saturated carbocycles. The molecule has 1 N–H and O–H groups in total. The minimum Gasteiger partial charge on any atom is -0.478 e. The summed E-state index contributed by atoms with van der Waals surface area (Å²) in [4.78, 5) is 10.9. The third kappa shape index (κ3) is 2.03. The van der Waals surface area contributed by atoms with Crippen molar-refractivity contribution in [1.82, 2.24) is 4.57 Å². The zero-order valence-corrected chi connectivity index (χ0v) is 9.70. The summed E-state index contributed by atoms with van der Waals surface area (Å²) < 4.78 is 14.7. The highest BCUT2D eigenvalue weighted by Crippen LogP contribution is 2.22. The van der Waals surface area contributed by atoms with E-state index in [0.717, 1.165) is 0 Å². The first-order valence-corrected chi connectivity index (χ1v) is 5.25. The number of rotatable bonds is 2. The average molecular weight is 254 g/mol. The summed E-state index contributed by atoms with van der Waals surface area (Å²) in [6.07, 6.45) is 1.61. The molecule has 0 spiro atoms. The van der Waals surface area contributed by atoms with Crippen molar-refractivity contribution in [3.8, 4) is 5.69 Å². The van der Waals surface area contributed by atoms with Crippen molar-refractivity contribution in [1.29, 1.82) is 0 Å². The smallest absolute Gasteiger partial charge is 0.337 e. The van der Waals surface area contributed by atoms with Crippen LogP contribution < -0.4 is 0 Å². The van der Waals surface area contributed by atoms with E-state index in [1.807, 2.05) is 0 Å². The number of nitrogens with zero attached hydrogens (tertiary/aromatic N) is 1. The summed E-state index contributed by atoms with van der Waals surface area (Å²) in [5, 5.41) is 8.93. The molecule has 0 atom stereocenters. The zero-order chi connectivity index (χ0) is 12.6. The van der Waals surface area contributed by atoms with Crippen LogP contribution in [0.15, 0.2) is 30.5 Å². The summed E-state index contributed by atoms with van der Waals surface area (Å²) in [7, 11) is 0. The molecule has 1 aromatic carbocycles. The van der Waals surface area contributed by atoms with Gasteiger partial charge in [0.2, 0.25) is 0 Å². The minimum atomic E-state index is -0.991. The summed E-state index contributed by atoms with van der Waals surface area (Å²) in [6.45, 7) is 1.68. The monoisotopic (exact) mass is 253 g/mol. The van der Waals surface area contributed by atoms with Gasteiger partial charge in [-0.05, 0) is 31.2 Å². The highest BCUT2D eigenvalue weighted by Gasteiger charge is 2.12. The van der Waals surface area contributed by atoms with Crippen LogP contribution in [0.1, 0.15) is 16.1 Å². The lowest BCUT2D eigenvalue weighted by Crippen LogP contribution is -2.01. The van der Waals surface area contributed by atoms with E-state index in [-0.39, 0.29) is 10.6 Å². The molecular formula is C12H9ClFNO2. The third-order valence-corrected chi connectivity index (χ3v) is 2.84. The second-order valence-electron chi connectivity index (χ2n) is 3.59. The van der Waals surface area contributed by atoms with Gasteiger partial charge in [-0.25, -0.2) is 9.18 Å². The van der Waals surface area contributed by atoms with E-state index in [0.29, 0.717) is 11.4 Å². The fourth-order valence-corrected chi connectivity index (χ4v) is 1.83. The second-order valence-corrected chi connectivity index (χ2v) is 4.00. The number of carbonyl (C=O) groups is 1. The normalized spacial score (nSPS) is 10.5. The van der Waals surface area contributed by atoms with Gasteiger partial charge in [0.1, 0.15) is 5.82 Å². The molecule has 2 aromatic rings. The number of aromatic nitrogens is 1. The molecule has 0 fully saturated rings. The molecule has 17 heavy (non-hydrogen) atoms. The molecule has 0 amide bonds. The first-order chi connectivity index (χ1) is 8.00. The van der Waals surface area contributed by atoms with Crippen molar-refractivity contribution in [2.75, 3.05) is 0 Å². The molecule has 0 unspecified atom stereocenters. The van der Waals surface area contributed by atoms with E-state index in [2.05, 4.69) is 0 Å². The molecule has 1 aromatic heterocycles. The van der Waals surface area contributed by atoms with Crippen LogP contribution in [-0.4, -0.2) is 15.6 Å². The lowest BCUT2D eigenvalue weighted by atomic mass is 10.2. The van der Waals surface area contributed by atoms with Gasteiger partial charge in [-0.2, -0.15) is 0 Å². The Morgan fingerprint density at radius 1 is 1.41 bits per heavy atom. The summed E-state index contributed by atoms with van der Waals surface area (Å²) in [5.74, 6) is -1.49. The first kappa shape index (κ1) is 11.7. The Kier molecular flexibility index (Phi) is 2.90. The molecule has 88 valence electrons. The molecule has 0 aliphatic carbocycles. The fourth-order valence-electron chi connectivity index (χ4n) is 1.65. The van der Waals surface area contributed by atoms with Crippen LogP contribution in [0.2, 0.25) is 5.02 Å². The Morgan fingerprint density at radius 2 is 2.12 bits per heavy atom. The molecule has 1 heterocycles. The van der Waals surface area contributed by atoms with Gasteiger partial charge in [0.25, 0.3) is 0 Å². The van der Waals surface area contributed by atoms with E-state index in [9.17, 15) is 9.18 Å². The van der Waals surface area contributed by atoms with Gasteiger partial charge in [0.15, 0.2) is 0 Å². The topological polar surface area (TPSA) is 42.2 Å². The Balaban J connectivity index is 2.53. The van der Waals surface area contributed by atoms with Crippen LogP contribution in [0.4, 0.5) is 4.39 Å². The maximum atomic E-state index is 13.0. The number of halogens is 2. The molecule has 2 rings (SSSR count). The standard InChI is InChI=1S/C12H9ClFNO2/c1-7-9(12(16)17)4-5-15(7)8-2-3-11(14)10(13)6-8/h2-6H,1H3,(H,16,17). The molecule has 3 nitrogen and oxygen atoms in total. The minimum absolute atomic E-state index is 0.00692. The van der Waals surface area contributed by atoms with Crippen molar-refractivity contribution >= 4 is 17.6 Å². The molecule has 5 heteroatoms. The SMILES string of the molecule is Cc1c(C(=O)O)ccn1-c1ccc(F)c(Cl)c1. The van der Waals surface area contributed by atoms with Crippen LogP contribution in [0.3, 0.4) is 0 Å². The second kappa shape index (κ2) is 4.22. The van der Waals surface area contributed by atoms with Gasteiger partial charge < -0.3 is 9.67 Å². The van der Waals surface area contributed by atoms with E-state index >= 15 is 0 Å². The van der Waals surface area contributed by atoms with Crippen LogP contribution in [0.5, 0.6) is 0 Å². The molecule has 0 aliphatic heterocycles. The van der Waals surface area contributed by atoms with E-state index in [1.165, 1.54) is 18.2 Å². The molecule has 0 radical (unpaired) electrons. The molecule has 0 saturated heterocycles. The van der Waals surface area contributed by atoms with Gasteiger partial charge in [-0.15, -0.1) is 0 Å². The summed E-state index contributed by atoms with van der Waals surface area (Å²) in [6, 6.07) is 5.74. The van der Waals surface area contributed by atoms with Crippen molar-refractivity contribution in [3.63, 3.8) is 0 Å².